The van der Waals surface area contributed by atoms with Crippen molar-refractivity contribution in [1.82, 2.24) is 9.78 Å². The fourth-order valence-corrected chi connectivity index (χ4v) is 1.22. The molecule has 0 amide bonds. The molecule has 5 heteroatoms. The molecule has 0 bridgehead atoms. The molecule has 1 heterocycles. The summed E-state index contributed by atoms with van der Waals surface area (Å²) >= 11 is 5.82. The number of aryl methyl sites for hydroxylation is 1. The molecule has 15 heavy (non-hydrogen) atoms. The van der Waals surface area contributed by atoms with Crippen molar-refractivity contribution in [2.24, 2.45) is 0 Å². The maximum absolute atomic E-state index is 11.2. The zero-order valence-electron chi connectivity index (χ0n) is 8.79. The minimum Gasteiger partial charge on any atom is -0.463 e. The second-order valence-electron chi connectivity index (χ2n) is 3.08. The summed E-state index contributed by atoms with van der Waals surface area (Å²) < 4.78 is 6.37. The lowest BCUT2D eigenvalue weighted by atomic mass is 10.3. The molecule has 1 aromatic heterocycles. The molecule has 1 rings (SSSR count). The van der Waals surface area contributed by atoms with Gasteiger partial charge in [-0.3, -0.25) is 4.68 Å². The molecule has 0 saturated carbocycles. The van der Waals surface area contributed by atoms with E-state index in [1.807, 2.05) is 0 Å². The molecule has 4 nitrogen and oxygen atoms in total. The molecule has 0 atom stereocenters. The number of rotatable bonds is 4. The number of carbonyl (C=O) groups excluding carboxylic acids is 1. The highest BCUT2D eigenvalue weighted by atomic mass is 35.5. The van der Waals surface area contributed by atoms with E-state index >= 15 is 0 Å². The van der Waals surface area contributed by atoms with E-state index in [0.29, 0.717) is 23.7 Å². The largest absolute Gasteiger partial charge is 0.463 e. The molecular formula is C10H13ClN2O2. The van der Waals surface area contributed by atoms with Crippen molar-refractivity contribution >= 4 is 17.6 Å². The molecule has 0 saturated heterocycles. The summed E-state index contributed by atoms with van der Waals surface area (Å²) in [5, 5.41) is 4.68. The first-order valence-corrected chi connectivity index (χ1v) is 4.96. The van der Waals surface area contributed by atoms with Gasteiger partial charge in [-0.25, -0.2) is 4.79 Å². The average molecular weight is 229 g/mol. The minimum absolute atomic E-state index is 0.298. The standard InChI is InChI=1S/C10H13ClN2O2/c1-4-15-10(14)7(2)5-13-6-9(11)8(3)12-13/h6H,2,4-5H2,1,3H3. The Kier molecular flexibility index (Phi) is 3.91. The zero-order chi connectivity index (χ0) is 11.4. The molecule has 0 fully saturated rings. The van der Waals surface area contributed by atoms with Crippen LogP contribution in [0.4, 0.5) is 0 Å². The second kappa shape index (κ2) is 4.98. The van der Waals surface area contributed by atoms with Crippen LogP contribution in [0.5, 0.6) is 0 Å². The van der Waals surface area contributed by atoms with Crippen LogP contribution >= 0.6 is 11.6 Å². The number of hydrogen-bond acceptors (Lipinski definition) is 3. The van der Waals surface area contributed by atoms with Gasteiger partial charge < -0.3 is 4.74 Å². The monoisotopic (exact) mass is 228 g/mol. The Morgan fingerprint density at radius 3 is 2.87 bits per heavy atom. The fraction of sp³-hybridized carbons (Fsp3) is 0.400. The van der Waals surface area contributed by atoms with Crippen LogP contribution < -0.4 is 0 Å². The van der Waals surface area contributed by atoms with Gasteiger partial charge in [0, 0.05) is 6.20 Å². The number of carbonyl (C=O) groups is 1. The molecule has 0 aliphatic rings. The maximum Gasteiger partial charge on any atom is 0.335 e. The van der Waals surface area contributed by atoms with Crippen LogP contribution in [0.3, 0.4) is 0 Å². The summed E-state index contributed by atoms with van der Waals surface area (Å²) in [6.45, 7) is 7.82. The summed E-state index contributed by atoms with van der Waals surface area (Å²) in [7, 11) is 0. The van der Waals surface area contributed by atoms with E-state index < -0.39 is 5.97 Å². The van der Waals surface area contributed by atoms with Crippen molar-refractivity contribution in [1.29, 1.82) is 0 Å². The Morgan fingerprint density at radius 1 is 1.73 bits per heavy atom. The van der Waals surface area contributed by atoms with Crippen molar-refractivity contribution in [3.05, 3.63) is 29.1 Å². The Bertz CT molecular complexity index is 365. The van der Waals surface area contributed by atoms with E-state index in [-0.39, 0.29) is 0 Å². The fourth-order valence-electron chi connectivity index (χ4n) is 1.07. The summed E-state index contributed by atoms with van der Waals surface area (Å²) in [5.74, 6) is -0.401. The normalized spacial score (nSPS) is 10.1. The molecule has 0 N–H and O–H groups in total. The maximum atomic E-state index is 11.2. The summed E-state index contributed by atoms with van der Waals surface area (Å²) in [6, 6.07) is 0. The number of esters is 1. The van der Waals surface area contributed by atoms with Gasteiger partial charge in [-0.1, -0.05) is 18.2 Å². The third-order valence-corrected chi connectivity index (χ3v) is 2.17. The molecular weight excluding hydrogens is 216 g/mol. The van der Waals surface area contributed by atoms with Crippen molar-refractivity contribution in [2.75, 3.05) is 6.61 Å². The summed E-state index contributed by atoms with van der Waals surface area (Å²) in [4.78, 5) is 11.2. The van der Waals surface area contributed by atoms with Crippen molar-refractivity contribution < 1.29 is 9.53 Å². The Labute approximate surface area is 93.5 Å². The van der Waals surface area contributed by atoms with E-state index in [0.717, 1.165) is 5.69 Å². The van der Waals surface area contributed by atoms with Gasteiger partial charge in [0.2, 0.25) is 0 Å². The predicted octanol–water partition coefficient (Wildman–Crippen LogP) is 1.96. The van der Waals surface area contributed by atoms with E-state index in [9.17, 15) is 4.79 Å². The van der Waals surface area contributed by atoms with Crippen molar-refractivity contribution in [3.8, 4) is 0 Å². The lowest BCUT2D eigenvalue weighted by molar-refractivity contribution is -0.138. The van der Waals surface area contributed by atoms with Gasteiger partial charge in [0.1, 0.15) is 0 Å². The number of halogens is 1. The predicted molar refractivity (Wildman–Crippen MR) is 57.7 cm³/mol. The molecule has 0 spiro atoms. The third-order valence-electron chi connectivity index (χ3n) is 1.80. The van der Waals surface area contributed by atoms with Crippen molar-refractivity contribution in [3.63, 3.8) is 0 Å². The van der Waals surface area contributed by atoms with Gasteiger partial charge in [-0.15, -0.1) is 0 Å². The first kappa shape index (κ1) is 11.8. The van der Waals surface area contributed by atoms with Crippen LogP contribution in [-0.2, 0) is 16.1 Å². The smallest absolute Gasteiger partial charge is 0.335 e. The lowest BCUT2D eigenvalue weighted by Gasteiger charge is -2.04. The lowest BCUT2D eigenvalue weighted by Crippen LogP contribution is -2.12. The van der Waals surface area contributed by atoms with Gasteiger partial charge in [-0.05, 0) is 13.8 Å². The summed E-state index contributed by atoms with van der Waals surface area (Å²) in [5.41, 5.74) is 1.09. The molecule has 0 aromatic carbocycles. The summed E-state index contributed by atoms with van der Waals surface area (Å²) in [6.07, 6.45) is 1.65. The zero-order valence-corrected chi connectivity index (χ0v) is 9.54. The molecule has 0 radical (unpaired) electrons. The second-order valence-corrected chi connectivity index (χ2v) is 3.49. The SMILES string of the molecule is C=C(Cn1cc(Cl)c(C)n1)C(=O)OCC. The van der Waals surface area contributed by atoms with E-state index in [4.69, 9.17) is 16.3 Å². The van der Waals surface area contributed by atoms with Crippen LogP contribution in [0.1, 0.15) is 12.6 Å². The molecule has 1 aromatic rings. The Hall–Kier alpha value is -1.29. The molecule has 0 unspecified atom stereocenters. The highest BCUT2D eigenvalue weighted by Gasteiger charge is 2.10. The van der Waals surface area contributed by atoms with Gasteiger partial charge in [-0.2, -0.15) is 5.10 Å². The van der Waals surface area contributed by atoms with Crippen LogP contribution in [-0.4, -0.2) is 22.4 Å². The first-order valence-electron chi connectivity index (χ1n) is 4.59. The van der Waals surface area contributed by atoms with Gasteiger partial charge in [0.25, 0.3) is 0 Å². The van der Waals surface area contributed by atoms with Crippen LogP contribution in [0.2, 0.25) is 5.02 Å². The average Bonchev–Trinajstić information content (AvgIpc) is 2.46. The van der Waals surface area contributed by atoms with Gasteiger partial charge in [0.05, 0.1) is 29.4 Å². The number of ether oxygens (including phenoxy) is 1. The minimum atomic E-state index is -0.401. The third kappa shape index (κ3) is 3.09. The van der Waals surface area contributed by atoms with Crippen LogP contribution in [0.15, 0.2) is 18.3 Å². The molecule has 0 aliphatic heterocycles. The highest BCUT2D eigenvalue weighted by molar-refractivity contribution is 6.31. The van der Waals surface area contributed by atoms with E-state index in [1.165, 1.54) is 0 Å². The van der Waals surface area contributed by atoms with E-state index in [2.05, 4.69) is 11.7 Å². The Morgan fingerprint density at radius 2 is 2.40 bits per heavy atom. The number of hydrogen-bond donors (Lipinski definition) is 0. The Balaban J connectivity index is 2.62. The van der Waals surface area contributed by atoms with Crippen LogP contribution in [0, 0.1) is 6.92 Å². The van der Waals surface area contributed by atoms with Crippen LogP contribution in [0.25, 0.3) is 0 Å². The number of aromatic nitrogens is 2. The molecule has 0 aliphatic carbocycles. The first-order chi connectivity index (χ1) is 7.04. The quantitative estimate of drug-likeness (QED) is 0.585. The number of nitrogens with zero attached hydrogens (tertiary/aromatic N) is 2. The van der Waals surface area contributed by atoms with Gasteiger partial charge in [0.15, 0.2) is 0 Å². The highest BCUT2D eigenvalue weighted by Crippen LogP contribution is 2.13. The molecule has 82 valence electrons. The topological polar surface area (TPSA) is 44.1 Å². The van der Waals surface area contributed by atoms with Crippen molar-refractivity contribution in [2.45, 2.75) is 20.4 Å². The van der Waals surface area contributed by atoms with E-state index in [1.54, 1.807) is 24.7 Å². The van der Waals surface area contributed by atoms with Gasteiger partial charge >= 0.3 is 5.97 Å².